The number of thioether (sulfide) groups is 1. The topological polar surface area (TPSA) is 102 Å². The van der Waals surface area contributed by atoms with Gasteiger partial charge in [0.25, 0.3) is 5.91 Å². The lowest BCUT2D eigenvalue weighted by Gasteiger charge is -2.11. The first-order chi connectivity index (χ1) is 16.9. The number of phenolic OH excluding ortho intramolecular Hbond substituents is 1. The maximum absolute atomic E-state index is 12.4. The highest BCUT2D eigenvalue weighted by Crippen LogP contribution is 2.29. The van der Waals surface area contributed by atoms with Crippen LogP contribution in [0.4, 0.5) is 0 Å². The first-order valence-corrected chi connectivity index (χ1v) is 12.3. The van der Waals surface area contributed by atoms with E-state index in [1.54, 1.807) is 25.3 Å². The predicted molar refractivity (Wildman–Crippen MR) is 140 cm³/mol. The molecule has 10 heteroatoms. The van der Waals surface area contributed by atoms with Crippen LogP contribution in [0.2, 0.25) is 0 Å². The number of carbonyl (C=O) groups excluding carboxylic acids is 1. The Balaban J connectivity index is 1.52. The van der Waals surface area contributed by atoms with Gasteiger partial charge in [-0.05, 0) is 61.5 Å². The van der Waals surface area contributed by atoms with Crippen LogP contribution >= 0.6 is 27.7 Å². The Bertz CT molecular complexity index is 1350. The van der Waals surface area contributed by atoms with Crippen molar-refractivity contribution >= 4 is 39.8 Å². The number of nitrogens with zero attached hydrogens (tertiary/aromatic N) is 4. The standard InChI is InChI=1S/C25H22BrN5O3S/c1-16-3-8-20(9-4-16)31-24(17-5-10-21(34-2)11-6-17)29-30-25(31)35-15-23(33)28-27-14-18-13-19(26)7-12-22(18)32/h3-14,32H,15H2,1-2H3,(H,28,33). The summed E-state index contributed by atoms with van der Waals surface area (Å²) in [6.45, 7) is 2.02. The zero-order valence-electron chi connectivity index (χ0n) is 19.0. The second-order valence-corrected chi connectivity index (χ2v) is 9.35. The molecular weight excluding hydrogens is 530 g/mol. The average molecular weight is 552 g/mol. The van der Waals surface area contributed by atoms with Gasteiger partial charge >= 0.3 is 0 Å². The summed E-state index contributed by atoms with van der Waals surface area (Å²) in [4.78, 5) is 12.4. The van der Waals surface area contributed by atoms with E-state index in [0.717, 1.165) is 27.0 Å². The van der Waals surface area contributed by atoms with Crippen LogP contribution in [0.5, 0.6) is 11.5 Å². The van der Waals surface area contributed by atoms with Gasteiger partial charge in [0.1, 0.15) is 11.5 Å². The molecule has 0 unspecified atom stereocenters. The van der Waals surface area contributed by atoms with Crippen LogP contribution in [0.3, 0.4) is 0 Å². The minimum absolute atomic E-state index is 0.0674. The normalized spacial score (nSPS) is 11.1. The maximum Gasteiger partial charge on any atom is 0.250 e. The molecule has 0 fully saturated rings. The summed E-state index contributed by atoms with van der Waals surface area (Å²) in [5.74, 6) is 1.23. The number of hydrazone groups is 1. The van der Waals surface area contributed by atoms with Gasteiger partial charge in [-0.1, -0.05) is 45.4 Å². The quantitative estimate of drug-likeness (QED) is 0.182. The Morgan fingerprint density at radius 1 is 1.14 bits per heavy atom. The molecule has 0 saturated carbocycles. The fraction of sp³-hybridized carbons (Fsp3) is 0.120. The number of ether oxygens (including phenoxy) is 1. The summed E-state index contributed by atoms with van der Waals surface area (Å²) < 4.78 is 7.97. The highest BCUT2D eigenvalue weighted by Gasteiger charge is 2.17. The third-order valence-electron chi connectivity index (χ3n) is 4.99. The minimum Gasteiger partial charge on any atom is -0.507 e. The SMILES string of the molecule is COc1ccc(-c2nnc(SCC(=O)NN=Cc3cc(Br)ccc3O)n2-c2ccc(C)cc2)cc1. The average Bonchev–Trinajstić information content (AvgIpc) is 3.29. The molecule has 4 rings (SSSR count). The molecule has 1 aromatic heterocycles. The molecule has 0 aliphatic carbocycles. The molecule has 0 saturated heterocycles. The largest absolute Gasteiger partial charge is 0.507 e. The van der Waals surface area contributed by atoms with E-state index in [1.165, 1.54) is 18.0 Å². The van der Waals surface area contributed by atoms with E-state index in [9.17, 15) is 9.90 Å². The molecule has 0 spiro atoms. The molecule has 0 aliphatic heterocycles. The third-order valence-corrected chi connectivity index (χ3v) is 6.41. The van der Waals surface area contributed by atoms with Gasteiger partial charge in [-0.25, -0.2) is 5.43 Å². The number of halogens is 1. The Hall–Kier alpha value is -3.63. The highest BCUT2D eigenvalue weighted by molar-refractivity contribution is 9.10. The number of aryl methyl sites for hydroxylation is 1. The lowest BCUT2D eigenvalue weighted by atomic mass is 10.2. The molecule has 0 aliphatic rings. The van der Waals surface area contributed by atoms with E-state index in [-0.39, 0.29) is 17.4 Å². The summed E-state index contributed by atoms with van der Waals surface area (Å²) in [7, 11) is 1.62. The van der Waals surface area contributed by atoms with Crippen LogP contribution in [-0.4, -0.2) is 44.9 Å². The number of benzene rings is 3. The van der Waals surface area contributed by atoms with Crippen molar-refractivity contribution in [3.8, 4) is 28.6 Å². The van der Waals surface area contributed by atoms with Crippen molar-refractivity contribution in [2.24, 2.45) is 5.10 Å². The van der Waals surface area contributed by atoms with E-state index in [1.807, 2.05) is 60.0 Å². The molecule has 8 nitrogen and oxygen atoms in total. The van der Waals surface area contributed by atoms with Crippen LogP contribution in [0.15, 0.2) is 81.5 Å². The van der Waals surface area contributed by atoms with Gasteiger partial charge in [-0.2, -0.15) is 5.10 Å². The minimum atomic E-state index is -0.315. The number of hydrogen-bond acceptors (Lipinski definition) is 7. The number of amides is 1. The summed E-state index contributed by atoms with van der Waals surface area (Å²) >= 11 is 4.59. The number of hydrogen-bond donors (Lipinski definition) is 2. The second kappa shape index (κ2) is 11.2. The number of rotatable bonds is 8. The molecule has 1 amide bonds. The van der Waals surface area contributed by atoms with Gasteiger partial charge in [0, 0.05) is 21.3 Å². The van der Waals surface area contributed by atoms with Crippen LogP contribution in [0, 0.1) is 6.92 Å². The summed E-state index contributed by atoms with van der Waals surface area (Å²) in [6.07, 6.45) is 1.39. The number of phenols is 1. The van der Waals surface area contributed by atoms with E-state index in [0.29, 0.717) is 16.5 Å². The molecule has 4 aromatic rings. The van der Waals surface area contributed by atoms with Crippen molar-refractivity contribution in [2.45, 2.75) is 12.1 Å². The van der Waals surface area contributed by atoms with Crippen LogP contribution in [0.25, 0.3) is 17.1 Å². The van der Waals surface area contributed by atoms with Crippen molar-refractivity contribution in [1.82, 2.24) is 20.2 Å². The Morgan fingerprint density at radius 3 is 2.60 bits per heavy atom. The molecule has 0 radical (unpaired) electrons. The lowest BCUT2D eigenvalue weighted by molar-refractivity contribution is -0.118. The fourth-order valence-corrected chi connectivity index (χ4v) is 4.31. The highest BCUT2D eigenvalue weighted by atomic mass is 79.9. The number of aromatic nitrogens is 3. The Labute approximate surface area is 215 Å². The van der Waals surface area contributed by atoms with Crippen LogP contribution in [0.1, 0.15) is 11.1 Å². The van der Waals surface area contributed by atoms with E-state index < -0.39 is 0 Å². The van der Waals surface area contributed by atoms with Gasteiger partial charge in [-0.15, -0.1) is 10.2 Å². The first-order valence-electron chi connectivity index (χ1n) is 10.5. The molecule has 178 valence electrons. The van der Waals surface area contributed by atoms with Crippen LogP contribution < -0.4 is 10.2 Å². The second-order valence-electron chi connectivity index (χ2n) is 7.49. The molecule has 0 atom stereocenters. The molecule has 1 heterocycles. The molecule has 2 N–H and O–H groups in total. The van der Waals surface area contributed by atoms with Crippen molar-refractivity contribution < 1.29 is 14.6 Å². The van der Waals surface area contributed by atoms with E-state index in [4.69, 9.17) is 4.74 Å². The predicted octanol–water partition coefficient (Wildman–Crippen LogP) is 4.96. The van der Waals surface area contributed by atoms with E-state index >= 15 is 0 Å². The number of methoxy groups -OCH3 is 1. The number of nitrogens with one attached hydrogen (secondary N) is 1. The zero-order valence-corrected chi connectivity index (χ0v) is 21.4. The lowest BCUT2D eigenvalue weighted by Crippen LogP contribution is -2.20. The third kappa shape index (κ3) is 6.09. The fourth-order valence-electron chi connectivity index (χ4n) is 3.18. The summed E-state index contributed by atoms with van der Waals surface area (Å²) in [6, 6.07) is 20.5. The maximum atomic E-state index is 12.4. The van der Waals surface area contributed by atoms with Crippen LogP contribution in [-0.2, 0) is 4.79 Å². The van der Waals surface area contributed by atoms with Gasteiger partial charge < -0.3 is 9.84 Å². The Kier molecular flexibility index (Phi) is 7.84. The molecule has 0 bridgehead atoms. The van der Waals surface area contributed by atoms with Crippen molar-refractivity contribution in [1.29, 1.82) is 0 Å². The number of carbonyl (C=O) groups is 1. The van der Waals surface area contributed by atoms with Gasteiger partial charge in [0.2, 0.25) is 0 Å². The Morgan fingerprint density at radius 2 is 1.89 bits per heavy atom. The monoisotopic (exact) mass is 551 g/mol. The summed E-state index contributed by atoms with van der Waals surface area (Å²) in [5.41, 5.74) is 5.85. The van der Waals surface area contributed by atoms with Gasteiger partial charge in [-0.3, -0.25) is 9.36 Å². The molecular formula is C25H22BrN5O3S. The van der Waals surface area contributed by atoms with Crippen molar-refractivity contribution in [2.75, 3.05) is 12.9 Å². The van der Waals surface area contributed by atoms with Crippen molar-refractivity contribution in [3.05, 3.63) is 82.3 Å². The van der Waals surface area contributed by atoms with Crippen molar-refractivity contribution in [3.63, 3.8) is 0 Å². The smallest absolute Gasteiger partial charge is 0.250 e. The molecule has 3 aromatic carbocycles. The van der Waals surface area contributed by atoms with E-state index in [2.05, 4.69) is 36.7 Å². The first kappa shape index (κ1) is 24.5. The van der Waals surface area contributed by atoms with Gasteiger partial charge in [0.15, 0.2) is 11.0 Å². The zero-order chi connectivity index (χ0) is 24.8. The summed E-state index contributed by atoms with van der Waals surface area (Å²) in [5, 5.41) is 23.1. The van der Waals surface area contributed by atoms with Gasteiger partial charge in [0.05, 0.1) is 19.1 Å². The number of aromatic hydroxyl groups is 1. The molecule has 35 heavy (non-hydrogen) atoms.